The minimum Gasteiger partial charge on any atom is -0.210 e. The molecule has 1 radical (unpaired) electrons. The van der Waals surface area contributed by atoms with E-state index in [-0.39, 0.29) is 0 Å². The Morgan fingerprint density at radius 1 is 0.636 bits per heavy atom. The third-order valence-corrected chi connectivity index (χ3v) is 8.46. The van der Waals surface area contributed by atoms with Crippen molar-refractivity contribution >= 4 is 112 Å². The van der Waals surface area contributed by atoms with E-state index in [1.54, 1.807) is 0 Å². The number of rotatable bonds is 0. The summed E-state index contributed by atoms with van der Waals surface area (Å²) in [5.74, 6) is 0. The molecule has 1 nitrogen and oxygen atoms in total. The molecule has 0 aliphatic heterocycles. The Morgan fingerprint density at radius 3 is 0.818 bits per heavy atom. The van der Waals surface area contributed by atoms with E-state index >= 15 is 0 Å². The number of halogens is 7. The van der Waals surface area contributed by atoms with E-state index in [2.05, 4.69) is 112 Å². The summed E-state index contributed by atoms with van der Waals surface area (Å²) in [5, 5.41) is 11.8. The van der Waals surface area contributed by atoms with Gasteiger partial charge in [-0.1, -0.05) is 95.6 Å². The van der Waals surface area contributed by atoms with E-state index in [1.165, 1.54) is 0 Å². The normalized spacial score (nSPS) is 15.3. The van der Waals surface area contributed by atoms with Gasteiger partial charge in [0.2, 0.25) is 4.51 Å². The fourth-order valence-electron chi connectivity index (χ4n) is 0.161. The molecule has 0 fully saturated rings. The van der Waals surface area contributed by atoms with E-state index in [4.69, 9.17) is 0 Å². The Kier molecular flexibility index (Phi) is 5.79. The average molecular weight is 611 g/mol. The topological polar surface area (TPSA) is 19.9 Å². The fourth-order valence-corrected chi connectivity index (χ4v) is 4.34. The second-order valence-corrected chi connectivity index (χ2v) is 16.2. The van der Waals surface area contributed by atoms with Gasteiger partial charge in [-0.25, -0.2) is 5.11 Å². The van der Waals surface area contributed by atoms with Crippen molar-refractivity contribution in [2.75, 3.05) is 0 Å². The van der Waals surface area contributed by atoms with Crippen molar-refractivity contribution in [3.05, 3.63) is 0 Å². The summed E-state index contributed by atoms with van der Waals surface area (Å²) in [6.45, 7) is 0. The lowest BCUT2D eigenvalue weighted by Gasteiger charge is -2.34. The van der Waals surface area contributed by atoms with E-state index in [1.807, 2.05) is 0 Å². The highest BCUT2D eigenvalue weighted by Gasteiger charge is 2.58. The first-order valence-corrected chi connectivity index (χ1v) is 7.58. The summed E-state index contributed by atoms with van der Waals surface area (Å²) < 4.78 is -3.49. The summed E-state index contributed by atoms with van der Waals surface area (Å²) in [6.07, 6.45) is 0. The van der Waals surface area contributed by atoms with Crippen molar-refractivity contribution in [3.8, 4) is 0 Å². The summed E-state index contributed by atoms with van der Waals surface area (Å²) in [6, 6.07) is 0. The molecule has 0 aromatic carbocycles. The van der Waals surface area contributed by atoms with Gasteiger partial charge in [0.1, 0.15) is 0 Å². The van der Waals surface area contributed by atoms with Gasteiger partial charge in [-0.2, -0.15) is 0 Å². The highest BCUT2D eigenvalue weighted by molar-refractivity contribution is 9.42. The molecule has 0 atom stereocenters. The predicted octanol–water partition coefficient (Wildman–Crippen LogP) is 5.19. The standard InChI is InChI=1S/C3Br7O/c4-1(11,2(5,6)7)3(8,9)10. The predicted molar refractivity (Wildman–Crippen MR) is 71.4 cm³/mol. The van der Waals surface area contributed by atoms with Crippen LogP contribution in [0.5, 0.6) is 0 Å². The Bertz CT molecular complexity index is 125. The van der Waals surface area contributed by atoms with Gasteiger partial charge in [-0.05, 0) is 15.9 Å². The largest absolute Gasteiger partial charge is 0.227 e. The van der Waals surface area contributed by atoms with Gasteiger partial charge in [-0.15, -0.1) is 0 Å². The molecule has 0 rings (SSSR count). The maximum atomic E-state index is 11.8. The lowest BCUT2D eigenvalue weighted by molar-refractivity contribution is 0.0866. The third kappa shape index (κ3) is 3.76. The molecule has 67 valence electrons. The summed E-state index contributed by atoms with van der Waals surface area (Å²) >= 11 is 21.7. The van der Waals surface area contributed by atoms with Crippen LogP contribution in [0.2, 0.25) is 0 Å². The van der Waals surface area contributed by atoms with Gasteiger partial charge in [0.15, 0.2) is 4.29 Å². The smallest absolute Gasteiger partial charge is 0.210 e. The quantitative estimate of drug-likeness (QED) is 0.337. The van der Waals surface area contributed by atoms with Crippen LogP contribution >= 0.6 is 112 Å². The minimum absolute atomic E-state index is 0.962. The first kappa shape index (κ1) is 14.3. The monoisotopic (exact) mass is 604 g/mol. The van der Waals surface area contributed by atoms with Crippen LogP contribution in [0.3, 0.4) is 0 Å². The molecule has 0 amide bonds. The van der Waals surface area contributed by atoms with Gasteiger partial charge in [0.25, 0.3) is 0 Å². The second-order valence-electron chi connectivity index (χ2n) is 1.59. The van der Waals surface area contributed by atoms with Crippen LogP contribution in [0.25, 0.3) is 0 Å². The highest BCUT2D eigenvalue weighted by atomic mass is 80.0. The molecule has 0 N–H and O–H groups in total. The molecule has 0 aliphatic rings. The molecule has 8 heteroatoms. The molecule has 0 aromatic heterocycles. The molecule has 0 saturated carbocycles. The van der Waals surface area contributed by atoms with Crippen LogP contribution in [0.1, 0.15) is 0 Å². The summed E-state index contributed by atoms with van der Waals surface area (Å²) in [5.41, 5.74) is 0. The van der Waals surface area contributed by atoms with E-state index in [0.29, 0.717) is 0 Å². The van der Waals surface area contributed by atoms with Crippen LogP contribution in [-0.2, 0) is 5.11 Å². The first-order valence-electron chi connectivity index (χ1n) is 2.03. The molecule has 0 saturated heterocycles. The Morgan fingerprint density at radius 2 is 0.818 bits per heavy atom. The highest BCUT2D eigenvalue weighted by Crippen LogP contribution is 2.60. The van der Waals surface area contributed by atoms with Crippen LogP contribution in [0.15, 0.2) is 0 Å². The number of alkyl halides is 7. The molecular formula is C3Br7O. The van der Waals surface area contributed by atoms with Gasteiger partial charge in [0.05, 0.1) is 0 Å². The van der Waals surface area contributed by atoms with Crippen molar-refractivity contribution in [2.24, 2.45) is 0 Å². The number of hydrogen-bond acceptors (Lipinski definition) is 0. The van der Waals surface area contributed by atoms with Gasteiger partial charge < -0.3 is 0 Å². The zero-order valence-corrected chi connectivity index (χ0v) is 15.7. The van der Waals surface area contributed by atoms with Crippen LogP contribution in [-0.4, -0.2) is 8.80 Å². The Hall–Kier alpha value is 3.32. The van der Waals surface area contributed by atoms with Crippen LogP contribution < -0.4 is 0 Å². The zero-order chi connectivity index (χ0) is 9.50. The Balaban J connectivity index is 4.75. The lowest BCUT2D eigenvalue weighted by Crippen LogP contribution is -2.44. The maximum absolute atomic E-state index is 11.8. The number of hydrogen-bond donors (Lipinski definition) is 0. The van der Waals surface area contributed by atoms with E-state index in [9.17, 15) is 5.11 Å². The molecule has 0 unspecified atom stereocenters. The molecule has 0 spiro atoms. The molecule has 0 heterocycles. The summed E-state index contributed by atoms with van der Waals surface area (Å²) in [4.78, 5) is 0. The fraction of sp³-hybridized carbons (Fsp3) is 1.00. The van der Waals surface area contributed by atoms with Gasteiger partial charge >= 0.3 is 0 Å². The van der Waals surface area contributed by atoms with Gasteiger partial charge in [-0.3, -0.25) is 0 Å². The zero-order valence-electron chi connectivity index (χ0n) is 4.55. The minimum atomic E-state index is -1.56. The van der Waals surface area contributed by atoms with E-state index in [0.717, 1.165) is 0 Å². The van der Waals surface area contributed by atoms with Crippen LogP contribution in [0.4, 0.5) is 0 Å². The van der Waals surface area contributed by atoms with Crippen molar-refractivity contribution in [1.82, 2.24) is 0 Å². The molecule has 0 aromatic rings. The SMILES string of the molecule is [O]C(Br)(C(Br)(Br)Br)C(Br)(Br)Br. The van der Waals surface area contributed by atoms with Crippen molar-refractivity contribution in [3.63, 3.8) is 0 Å². The molecular weight excluding hydrogens is 611 g/mol. The molecule has 0 bridgehead atoms. The second kappa shape index (κ2) is 4.45. The van der Waals surface area contributed by atoms with Crippen molar-refractivity contribution < 1.29 is 5.11 Å². The van der Waals surface area contributed by atoms with E-state index < -0.39 is 8.80 Å². The molecule has 0 aliphatic carbocycles. The van der Waals surface area contributed by atoms with Crippen molar-refractivity contribution in [2.45, 2.75) is 8.80 Å². The lowest BCUT2D eigenvalue weighted by atomic mass is 10.5. The summed E-state index contributed by atoms with van der Waals surface area (Å²) in [7, 11) is 0. The molecule has 11 heavy (non-hydrogen) atoms. The van der Waals surface area contributed by atoms with Crippen molar-refractivity contribution in [1.29, 1.82) is 0 Å². The maximum Gasteiger partial charge on any atom is 0.227 e. The average Bonchev–Trinajstić information content (AvgIpc) is 1.58. The third-order valence-electron chi connectivity index (χ3n) is 0.729. The van der Waals surface area contributed by atoms with Gasteiger partial charge in [0, 0.05) is 0 Å². The Labute approximate surface area is 123 Å². The first-order chi connectivity index (χ1) is 4.50. The van der Waals surface area contributed by atoms with Crippen LogP contribution in [0, 0.1) is 0 Å².